The minimum absolute atomic E-state index is 0.155. The number of allylic oxidation sites excluding steroid dienone is 1. The van der Waals surface area contributed by atoms with Crippen LogP contribution in [0.5, 0.6) is 0 Å². The van der Waals surface area contributed by atoms with Crippen molar-refractivity contribution < 1.29 is 4.39 Å². The van der Waals surface area contributed by atoms with Crippen LogP contribution in [0.25, 0.3) is 5.69 Å². The molecule has 0 bridgehead atoms. The molecule has 2 saturated heterocycles. The fourth-order valence-electron chi connectivity index (χ4n) is 7.18. The van der Waals surface area contributed by atoms with Gasteiger partial charge in [-0.25, -0.2) is 9.07 Å². The molecule has 5 rings (SSSR count). The summed E-state index contributed by atoms with van der Waals surface area (Å²) in [6, 6.07) is 8.05. The van der Waals surface area contributed by atoms with Crippen LogP contribution < -0.4 is 5.32 Å². The Hall–Kier alpha value is -2.40. The molecule has 2 aromatic rings. The monoisotopic (exact) mass is 576 g/mol. The fraction of sp³-hybridized carbons (Fsp3) is 0.649. The van der Waals surface area contributed by atoms with Gasteiger partial charge in [-0.3, -0.25) is 4.90 Å². The number of halogens is 1. The van der Waals surface area contributed by atoms with Crippen LogP contribution in [0.4, 0.5) is 4.39 Å². The Kier molecular flexibility index (Phi) is 11.1. The summed E-state index contributed by atoms with van der Waals surface area (Å²) in [5, 5.41) is 8.50. The van der Waals surface area contributed by atoms with Crippen LogP contribution in [0, 0.1) is 18.3 Å². The standard InChI is InChI=1S/C32H45FN4.C5H12/c1-23-20-32(25(3)35-30(23)19-26-9-7-6-8-10-26)15-17-36(18-16-32)22-27-21-34-37(24(27)2)29-13-11-28(12-14-29)31(4,5)33;1-3-5-4-2/h11-14,21,26,30,35H,1,3,6-10,15-20,22H2,2,4-5H3;3-5H2,1-2H3. The van der Waals surface area contributed by atoms with Crippen LogP contribution >= 0.6 is 0 Å². The molecular formula is C37H57FN4. The average Bonchev–Trinajstić information content (AvgIpc) is 3.33. The normalized spacial score (nSPS) is 21.6. The van der Waals surface area contributed by atoms with E-state index < -0.39 is 5.67 Å². The summed E-state index contributed by atoms with van der Waals surface area (Å²) in [6.45, 7) is 21.8. The Labute approximate surface area is 255 Å². The molecule has 1 atom stereocenters. The van der Waals surface area contributed by atoms with Crippen LogP contribution in [0.3, 0.4) is 0 Å². The van der Waals surface area contributed by atoms with Crippen molar-refractivity contribution in [1.29, 1.82) is 0 Å². The van der Waals surface area contributed by atoms with Crippen LogP contribution in [0.2, 0.25) is 0 Å². The van der Waals surface area contributed by atoms with Gasteiger partial charge in [-0.15, -0.1) is 0 Å². The fourth-order valence-corrected chi connectivity index (χ4v) is 7.18. The molecule has 1 N–H and O–H groups in total. The van der Waals surface area contributed by atoms with E-state index in [1.807, 2.05) is 35.1 Å². The van der Waals surface area contributed by atoms with Gasteiger partial charge >= 0.3 is 0 Å². The first-order valence-corrected chi connectivity index (χ1v) is 16.8. The number of rotatable bonds is 8. The van der Waals surface area contributed by atoms with Crippen molar-refractivity contribution in [3.8, 4) is 5.69 Å². The molecule has 2 aliphatic heterocycles. The number of likely N-dealkylation sites (tertiary alicyclic amines) is 1. The highest BCUT2D eigenvalue weighted by atomic mass is 19.1. The van der Waals surface area contributed by atoms with Gasteiger partial charge in [-0.05, 0) is 83.2 Å². The molecule has 1 saturated carbocycles. The molecule has 4 nitrogen and oxygen atoms in total. The van der Waals surface area contributed by atoms with Gasteiger partial charge in [0, 0.05) is 35.0 Å². The first-order chi connectivity index (χ1) is 20.1. The Morgan fingerprint density at radius 3 is 2.24 bits per heavy atom. The number of benzene rings is 1. The summed E-state index contributed by atoms with van der Waals surface area (Å²) in [4.78, 5) is 2.55. The first kappa shape index (κ1) is 32.5. The molecule has 0 radical (unpaired) electrons. The number of nitrogens with zero attached hydrogens (tertiary/aromatic N) is 3. The van der Waals surface area contributed by atoms with Gasteiger partial charge < -0.3 is 5.32 Å². The largest absolute Gasteiger partial charge is 0.382 e. The molecule has 1 aromatic heterocycles. The van der Waals surface area contributed by atoms with Gasteiger partial charge in [-0.2, -0.15) is 5.10 Å². The predicted octanol–water partition coefficient (Wildman–Crippen LogP) is 9.57. The molecule has 5 heteroatoms. The lowest BCUT2D eigenvalue weighted by Gasteiger charge is -2.49. The van der Waals surface area contributed by atoms with E-state index in [0.717, 1.165) is 56.2 Å². The average molecular weight is 577 g/mol. The Morgan fingerprint density at radius 1 is 1.02 bits per heavy atom. The van der Waals surface area contributed by atoms with E-state index in [-0.39, 0.29) is 5.41 Å². The lowest BCUT2D eigenvalue weighted by atomic mass is 9.67. The molecule has 1 unspecified atom stereocenters. The van der Waals surface area contributed by atoms with Crippen molar-refractivity contribution >= 4 is 0 Å². The molecule has 0 amide bonds. The number of hydrogen-bond donors (Lipinski definition) is 1. The molecule has 1 aliphatic carbocycles. The third kappa shape index (κ3) is 7.95. The first-order valence-electron chi connectivity index (χ1n) is 16.8. The summed E-state index contributed by atoms with van der Waals surface area (Å²) >= 11 is 0. The van der Waals surface area contributed by atoms with Crippen LogP contribution in [-0.2, 0) is 12.2 Å². The van der Waals surface area contributed by atoms with Gasteiger partial charge in [0.05, 0.1) is 11.9 Å². The van der Waals surface area contributed by atoms with Crippen molar-refractivity contribution in [3.63, 3.8) is 0 Å². The van der Waals surface area contributed by atoms with Crippen molar-refractivity contribution in [2.24, 2.45) is 11.3 Å². The summed E-state index contributed by atoms with van der Waals surface area (Å²) in [7, 11) is 0. The molecule has 42 heavy (non-hydrogen) atoms. The smallest absolute Gasteiger partial charge is 0.130 e. The van der Waals surface area contributed by atoms with Gasteiger partial charge in [-0.1, -0.05) is 96.1 Å². The highest BCUT2D eigenvalue weighted by molar-refractivity contribution is 5.38. The van der Waals surface area contributed by atoms with Gasteiger partial charge in [0.15, 0.2) is 0 Å². The lowest BCUT2D eigenvalue weighted by Crippen LogP contribution is -2.50. The van der Waals surface area contributed by atoms with Crippen molar-refractivity contribution in [2.75, 3.05) is 13.1 Å². The molecular weight excluding hydrogens is 519 g/mol. The van der Waals surface area contributed by atoms with E-state index in [4.69, 9.17) is 0 Å². The van der Waals surface area contributed by atoms with E-state index >= 15 is 0 Å². The Morgan fingerprint density at radius 2 is 1.67 bits per heavy atom. The molecule has 1 spiro atoms. The summed E-state index contributed by atoms with van der Waals surface area (Å²) < 4.78 is 16.2. The third-order valence-corrected chi connectivity index (χ3v) is 10.2. The van der Waals surface area contributed by atoms with Crippen LogP contribution in [0.15, 0.2) is 54.9 Å². The van der Waals surface area contributed by atoms with E-state index in [0.29, 0.717) is 11.6 Å². The van der Waals surface area contributed by atoms with Crippen LogP contribution in [0.1, 0.15) is 122 Å². The van der Waals surface area contributed by atoms with E-state index in [1.54, 1.807) is 13.8 Å². The summed E-state index contributed by atoms with van der Waals surface area (Å²) in [5.41, 5.74) is 5.53. The topological polar surface area (TPSA) is 33.1 Å². The third-order valence-electron chi connectivity index (χ3n) is 10.2. The molecule has 3 heterocycles. The van der Waals surface area contributed by atoms with E-state index in [2.05, 4.69) is 49.2 Å². The van der Waals surface area contributed by atoms with Crippen molar-refractivity contribution in [3.05, 3.63) is 71.7 Å². The summed E-state index contributed by atoms with van der Waals surface area (Å²) in [6.07, 6.45) is 17.6. The SMILES string of the molecule is C=C1CC2(CCN(Cc3cnn(-c4ccc(C(C)(C)F)cc4)c3C)CC2)C(=C)NC1CC1CCCCC1.CCCCC. The zero-order valence-corrected chi connectivity index (χ0v) is 27.3. The van der Waals surface area contributed by atoms with Gasteiger partial charge in [0.1, 0.15) is 5.67 Å². The van der Waals surface area contributed by atoms with Crippen LogP contribution in [-0.4, -0.2) is 33.8 Å². The number of hydrogen-bond acceptors (Lipinski definition) is 3. The Balaban J connectivity index is 0.000000748. The maximum Gasteiger partial charge on any atom is 0.130 e. The second kappa shape index (κ2) is 14.4. The number of unbranched alkanes of at least 4 members (excludes halogenated alkanes) is 2. The number of aromatic nitrogens is 2. The minimum Gasteiger partial charge on any atom is -0.382 e. The van der Waals surface area contributed by atoms with Crippen molar-refractivity contribution in [2.45, 2.75) is 130 Å². The quantitative estimate of drug-likeness (QED) is 0.318. The maximum absolute atomic E-state index is 14.2. The highest BCUT2D eigenvalue weighted by Crippen LogP contribution is 2.47. The van der Waals surface area contributed by atoms with Crippen molar-refractivity contribution in [1.82, 2.24) is 20.0 Å². The minimum atomic E-state index is -1.34. The zero-order chi connectivity index (χ0) is 30.3. The molecule has 3 fully saturated rings. The molecule has 232 valence electrons. The second-order valence-corrected chi connectivity index (χ2v) is 13.8. The van der Waals surface area contributed by atoms with Gasteiger partial charge in [0.25, 0.3) is 0 Å². The second-order valence-electron chi connectivity index (χ2n) is 13.8. The van der Waals surface area contributed by atoms with E-state index in [9.17, 15) is 4.39 Å². The predicted molar refractivity (Wildman–Crippen MR) is 176 cm³/mol. The van der Waals surface area contributed by atoms with Gasteiger partial charge in [0.2, 0.25) is 0 Å². The highest BCUT2D eigenvalue weighted by Gasteiger charge is 2.42. The number of alkyl halides is 1. The maximum atomic E-state index is 14.2. The molecule has 1 aromatic carbocycles. The number of piperidine rings is 2. The Bertz CT molecular complexity index is 1160. The number of nitrogens with one attached hydrogen (secondary N) is 1. The lowest BCUT2D eigenvalue weighted by molar-refractivity contribution is 0.107. The zero-order valence-electron chi connectivity index (χ0n) is 27.3. The molecule has 3 aliphatic rings. The summed E-state index contributed by atoms with van der Waals surface area (Å²) in [5.74, 6) is 0.851. The van der Waals surface area contributed by atoms with E-state index in [1.165, 1.54) is 74.6 Å².